The van der Waals surface area contributed by atoms with Gasteiger partial charge < -0.3 is 14.0 Å². The van der Waals surface area contributed by atoms with Gasteiger partial charge in [0.25, 0.3) is 10.0 Å². The zero-order valence-corrected chi connectivity index (χ0v) is 22.0. The largest absolute Gasteiger partial charge is 0.573 e. The van der Waals surface area contributed by atoms with E-state index in [-0.39, 0.29) is 45.4 Å². The lowest BCUT2D eigenvalue weighted by Crippen LogP contribution is -2.25. The van der Waals surface area contributed by atoms with Crippen LogP contribution in [0.15, 0.2) is 76.3 Å². The SMILES string of the molecule is CCC(=O)N(c1ccc(S(=O)(=O)Nc2ccon2)cc1)c1cc(F)c(-c2ccc(F)c(OC(F)(F)F)c2)cc1OC. The number of benzene rings is 3. The lowest BCUT2D eigenvalue weighted by atomic mass is 10.0. The van der Waals surface area contributed by atoms with Crippen LogP contribution in [0.5, 0.6) is 11.5 Å². The number of alkyl halides is 3. The molecule has 0 aliphatic heterocycles. The third-order valence-corrected chi connectivity index (χ3v) is 6.98. The molecule has 0 unspecified atom stereocenters. The molecule has 0 aliphatic rings. The smallest absolute Gasteiger partial charge is 0.495 e. The van der Waals surface area contributed by atoms with Crippen LogP contribution in [-0.4, -0.2) is 33.0 Å². The van der Waals surface area contributed by atoms with Crippen molar-refractivity contribution >= 4 is 33.1 Å². The Kier molecular flexibility index (Phi) is 8.19. The molecule has 216 valence electrons. The highest BCUT2D eigenvalue weighted by molar-refractivity contribution is 7.92. The third kappa shape index (κ3) is 6.57. The van der Waals surface area contributed by atoms with E-state index in [2.05, 4.69) is 19.1 Å². The predicted molar refractivity (Wildman–Crippen MR) is 136 cm³/mol. The molecule has 1 heterocycles. The molecule has 0 saturated heterocycles. The molecule has 41 heavy (non-hydrogen) atoms. The normalized spacial score (nSPS) is 11.7. The van der Waals surface area contributed by atoms with E-state index in [0.717, 1.165) is 23.1 Å². The lowest BCUT2D eigenvalue weighted by molar-refractivity contribution is -0.275. The van der Waals surface area contributed by atoms with Crippen LogP contribution in [0.3, 0.4) is 0 Å². The maximum atomic E-state index is 15.4. The Morgan fingerprint density at radius 2 is 1.71 bits per heavy atom. The molecule has 0 spiro atoms. The highest BCUT2D eigenvalue weighted by Gasteiger charge is 2.33. The van der Waals surface area contributed by atoms with E-state index in [1.54, 1.807) is 6.92 Å². The van der Waals surface area contributed by atoms with Gasteiger partial charge in [-0.3, -0.25) is 14.4 Å². The highest BCUT2D eigenvalue weighted by Crippen LogP contribution is 2.41. The molecule has 4 aromatic rings. The number of carbonyl (C=O) groups is 1. The fraction of sp³-hybridized carbons (Fsp3) is 0.154. The monoisotopic (exact) mass is 597 g/mol. The number of aromatic nitrogens is 1. The second-order valence-corrected chi connectivity index (χ2v) is 9.95. The summed E-state index contributed by atoms with van der Waals surface area (Å²) in [5.74, 6) is -4.07. The van der Waals surface area contributed by atoms with Gasteiger partial charge in [-0.05, 0) is 48.0 Å². The van der Waals surface area contributed by atoms with Crippen LogP contribution in [-0.2, 0) is 14.8 Å². The van der Waals surface area contributed by atoms with Gasteiger partial charge >= 0.3 is 6.36 Å². The number of nitrogens with one attached hydrogen (secondary N) is 1. The summed E-state index contributed by atoms with van der Waals surface area (Å²) in [6.07, 6.45) is -4.05. The Labute approximate surface area is 230 Å². The molecule has 9 nitrogen and oxygen atoms in total. The van der Waals surface area contributed by atoms with Crippen molar-refractivity contribution in [2.24, 2.45) is 0 Å². The number of ether oxygens (including phenoxy) is 2. The van der Waals surface area contributed by atoms with E-state index in [9.17, 15) is 30.8 Å². The second-order valence-electron chi connectivity index (χ2n) is 8.26. The van der Waals surface area contributed by atoms with Crippen molar-refractivity contribution in [3.05, 3.63) is 78.6 Å². The average molecular weight is 598 g/mol. The maximum Gasteiger partial charge on any atom is 0.573 e. The van der Waals surface area contributed by atoms with Crippen molar-refractivity contribution in [3.8, 4) is 22.6 Å². The van der Waals surface area contributed by atoms with Gasteiger partial charge in [0, 0.05) is 29.8 Å². The molecule has 0 atom stereocenters. The first-order chi connectivity index (χ1) is 19.3. The van der Waals surface area contributed by atoms with Crippen LogP contribution in [0.4, 0.5) is 39.1 Å². The van der Waals surface area contributed by atoms with E-state index in [1.807, 2.05) is 0 Å². The molecule has 3 aromatic carbocycles. The number of sulfonamides is 1. The van der Waals surface area contributed by atoms with Crippen LogP contribution >= 0.6 is 0 Å². The Balaban J connectivity index is 1.74. The molecule has 1 amide bonds. The number of rotatable bonds is 9. The summed E-state index contributed by atoms with van der Waals surface area (Å²) in [6.45, 7) is 1.55. The van der Waals surface area contributed by atoms with Crippen molar-refractivity contribution in [1.29, 1.82) is 0 Å². The number of hydrogen-bond acceptors (Lipinski definition) is 7. The topological polar surface area (TPSA) is 111 Å². The van der Waals surface area contributed by atoms with Crippen molar-refractivity contribution in [3.63, 3.8) is 0 Å². The van der Waals surface area contributed by atoms with Gasteiger partial charge in [-0.1, -0.05) is 18.1 Å². The molecule has 1 N–H and O–H groups in total. The zero-order valence-electron chi connectivity index (χ0n) is 21.2. The second kappa shape index (κ2) is 11.4. The summed E-state index contributed by atoms with van der Waals surface area (Å²) < 4.78 is 109. The molecule has 0 radical (unpaired) electrons. The van der Waals surface area contributed by atoms with Gasteiger partial charge in [0.15, 0.2) is 17.4 Å². The molecule has 15 heteroatoms. The Bertz CT molecular complexity index is 1660. The first-order valence-electron chi connectivity index (χ1n) is 11.6. The highest BCUT2D eigenvalue weighted by atomic mass is 32.2. The number of carbonyl (C=O) groups excluding carboxylic acids is 1. The minimum atomic E-state index is -5.18. The van der Waals surface area contributed by atoms with Crippen molar-refractivity contribution < 1.29 is 49.2 Å². The standard InChI is InChI=1S/C26H20F5N3O6S/c1-3-25(35)34(16-5-7-17(8-6-16)41(36,37)33-24-10-11-39-32-24)21-14-20(28)18(13-23(21)38-2)15-4-9-19(27)22(12-15)40-26(29,30)31/h4-14H,3H2,1-2H3,(H,32,33). The quantitative estimate of drug-likeness (QED) is 0.222. The molecule has 0 aliphatic carbocycles. The van der Waals surface area contributed by atoms with E-state index in [4.69, 9.17) is 4.74 Å². The van der Waals surface area contributed by atoms with E-state index in [1.165, 1.54) is 43.7 Å². The van der Waals surface area contributed by atoms with Crippen LogP contribution in [0.2, 0.25) is 0 Å². The summed E-state index contributed by atoms with van der Waals surface area (Å²) in [5, 5.41) is 3.48. The zero-order chi connectivity index (χ0) is 29.9. The summed E-state index contributed by atoms with van der Waals surface area (Å²) >= 11 is 0. The van der Waals surface area contributed by atoms with Crippen molar-refractivity contribution in [2.75, 3.05) is 16.7 Å². The number of methoxy groups -OCH3 is 1. The number of amides is 1. The summed E-state index contributed by atoms with van der Waals surface area (Å²) in [5.41, 5.74) is -0.339. The third-order valence-electron chi connectivity index (χ3n) is 5.61. The molecule has 0 saturated carbocycles. The minimum Gasteiger partial charge on any atom is -0.495 e. The molecule has 0 bridgehead atoms. The summed E-state index contributed by atoms with van der Waals surface area (Å²) in [6, 6.07) is 10.8. The fourth-order valence-corrected chi connectivity index (χ4v) is 4.78. The lowest BCUT2D eigenvalue weighted by Gasteiger charge is -2.25. The van der Waals surface area contributed by atoms with Crippen molar-refractivity contribution in [2.45, 2.75) is 24.6 Å². The van der Waals surface area contributed by atoms with Crippen LogP contribution < -0.4 is 19.1 Å². The molecular weight excluding hydrogens is 577 g/mol. The molecular formula is C26H20F5N3O6S. The Hall–Kier alpha value is -4.66. The first kappa shape index (κ1) is 29.3. The van der Waals surface area contributed by atoms with E-state index < -0.39 is 39.7 Å². The number of halogens is 5. The van der Waals surface area contributed by atoms with Gasteiger partial charge in [-0.15, -0.1) is 13.2 Å². The van der Waals surface area contributed by atoms with Crippen molar-refractivity contribution in [1.82, 2.24) is 5.16 Å². The van der Waals surface area contributed by atoms with E-state index in [0.29, 0.717) is 12.1 Å². The Morgan fingerprint density at radius 3 is 2.29 bits per heavy atom. The van der Waals surface area contributed by atoms with E-state index >= 15 is 4.39 Å². The van der Waals surface area contributed by atoms with Crippen LogP contribution in [0.25, 0.3) is 11.1 Å². The van der Waals surface area contributed by atoms with Crippen LogP contribution in [0.1, 0.15) is 13.3 Å². The van der Waals surface area contributed by atoms with Gasteiger partial charge in [-0.25, -0.2) is 17.2 Å². The predicted octanol–water partition coefficient (Wildman–Crippen LogP) is 6.40. The average Bonchev–Trinajstić information content (AvgIpc) is 3.42. The van der Waals surface area contributed by atoms with Crippen LogP contribution in [0, 0.1) is 11.6 Å². The molecule has 4 rings (SSSR count). The minimum absolute atomic E-state index is 0.0452. The molecule has 0 fully saturated rings. The van der Waals surface area contributed by atoms with Gasteiger partial charge in [0.2, 0.25) is 5.91 Å². The maximum absolute atomic E-state index is 15.4. The number of anilines is 3. The van der Waals surface area contributed by atoms with Gasteiger partial charge in [0.05, 0.1) is 17.7 Å². The first-order valence-corrected chi connectivity index (χ1v) is 13.1. The Morgan fingerprint density at radius 1 is 1.00 bits per heavy atom. The summed E-state index contributed by atoms with van der Waals surface area (Å²) in [4.78, 5) is 13.9. The summed E-state index contributed by atoms with van der Waals surface area (Å²) in [7, 11) is -2.83. The van der Waals surface area contributed by atoms with Gasteiger partial charge in [0.1, 0.15) is 17.8 Å². The van der Waals surface area contributed by atoms with Gasteiger partial charge in [-0.2, -0.15) is 0 Å². The fourth-order valence-electron chi connectivity index (χ4n) is 3.79. The number of hydrogen-bond donors (Lipinski definition) is 1. The number of nitrogens with zero attached hydrogens (tertiary/aromatic N) is 2. The molecule has 1 aromatic heterocycles.